The summed E-state index contributed by atoms with van der Waals surface area (Å²) in [7, 11) is 0. The molecular formula is C24H24F3N5. The molecule has 2 N–H and O–H groups in total. The molecule has 0 atom stereocenters. The van der Waals surface area contributed by atoms with Gasteiger partial charge in [0.05, 0.1) is 17.9 Å². The van der Waals surface area contributed by atoms with E-state index in [9.17, 15) is 13.2 Å². The zero-order chi connectivity index (χ0) is 22.6. The third kappa shape index (κ3) is 4.96. The highest BCUT2D eigenvalue weighted by Gasteiger charge is 2.30. The van der Waals surface area contributed by atoms with Gasteiger partial charge in [0.1, 0.15) is 5.65 Å². The molecule has 2 aromatic heterocycles. The molecule has 2 heterocycles. The van der Waals surface area contributed by atoms with Crippen LogP contribution < -0.4 is 5.32 Å². The Morgan fingerprint density at radius 1 is 1.19 bits per heavy atom. The summed E-state index contributed by atoms with van der Waals surface area (Å²) in [6, 6.07) is 7.48. The highest BCUT2D eigenvalue weighted by atomic mass is 19.4. The van der Waals surface area contributed by atoms with Gasteiger partial charge in [-0.2, -0.15) is 13.2 Å². The molecule has 0 aliphatic heterocycles. The van der Waals surface area contributed by atoms with E-state index in [4.69, 9.17) is 4.99 Å². The predicted octanol–water partition coefficient (Wildman–Crippen LogP) is 5.74. The fourth-order valence-corrected chi connectivity index (χ4v) is 3.97. The van der Waals surface area contributed by atoms with Crippen molar-refractivity contribution in [2.24, 2.45) is 9.98 Å². The Hall–Kier alpha value is -3.26. The molecule has 4 rings (SSSR count). The largest absolute Gasteiger partial charge is 0.416 e. The maximum Gasteiger partial charge on any atom is 0.416 e. The lowest BCUT2D eigenvalue weighted by Crippen LogP contribution is -2.26. The van der Waals surface area contributed by atoms with E-state index in [0.29, 0.717) is 23.9 Å². The van der Waals surface area contributed by atoms with E-state index in [0.717, 1.165) is 34.4 Å². The third-order valence-corrected chi connectivity index (χ3v) is 5.67. The molecule has 0 bridgehead atoms. The summed E-state index contributed by atoms with van der Waals surface area (Å²) >= 11 is 0. The molecule has 0 amide bonds. The standard InChI is InChI=1S/C24H24F3N5/c1-28-11-10-22(32-15-31-19-4-2-3-5-19)21-14-30-23-20(21)12-17(13-29-23)16-6-8-18(9-7-16)24(25,26)27/h6-14,19,31H,1-5,15H2,(H,29,30)/b11-10-,32-22+. The number of nitrogens with one attached hydrogen (secondary N) is 2. The van der Waals surface area contributed by atoms with Gasteiger partial charge < -0.3 is 4.98 Å². The van der Waals surface area contributed by atoms with Gasteiger partial charge in [-0.3, -0.25) is 15.3 Å². The molecule has 1 aliphatic rings. The second kappa shape index (κ2) is 9.48. The first-order valence-electron chi connectivity index (χ1n) is 10.5. The van der Waals surface area contributed by atoms with E-state index >= 15 is 0 Å². The van der Waals surface area contributed by atoms with Crippen LogP contribution in [-0.4, -0.2) is 35.1 Å². The molecule has 1 aromatic carbocycles. The minimum absolute atomic E-state index is 0.486. The molecule has 5 nitrogen and oxygen atoms in total. The van der Waals surface area contributed by atoms with Crippen molar-refractivity contribution in [3.63, 3.8) is 0 Å². The van der Waals surface area contributed by atoms with Crippen molar-refractivity contribution >= 4 is 23.5 Å². The number of rotatable bonds is 7. The van der Waals surface area contributed by atoms with Gasteiger partial charge >= 0.3 is 6.18 Å². The van der Waals surface area contributed by atoms with E-state index in [2.05, 4.69) is 27.0 Å². The van der Waals surface area contributed by atoms with Crippen molar-refractivity contribution in [1.82, 2.24) is 15.3 Å². The summed E-state index contributed by atoms with van der Waals surface area (Å²) in [4.78, 5) is 16.1. The van der Waals surface area contributed by atoms with E-state index in [1.807, 2.05) is 12.3 Å². The Morgan fingerprint density at radius 2 is 1.94 bits per heavy atom. The Bertz CT molecular complexity index is 1140. The summed E-state index contributed by atoms with van der Waals surface area (Å²) in [5, 5.41) is 4.30. The van der Waals surface area contributed by atoms with Gasteiger partial charge in [0.2, 0.25) is 0 Å². The number of alkyl halides is 3. The SMILES string of the molecule is C=N/C=C\C(=N/CNC1CCCC1)c1c[nH]c2ncc(-c3ccc(C(F)(F)F)cc3)cc12. The Morgan fingerprint density at radius 3 is 2.62 bits per heavy atom. The summed E-state index contributed by atoms with van der Waals surface area (Å²) < 4.78 is 38.6. The highest BCUT2D eigenvalue weighted by molar-refractivity contribution is 6.16. The first kappa shape index (κ1) is 22.0. The third-order valence-electron chi connectivity index (χ3n) is 5.67. The van der Waals surface area contributed by atoms with E-state index in [-0.39, 0.29) is 0 Å². The van der Waals surface area contributed by atoms with Gasteiger partial charge in [-0.1, -0.05) is 25.0 Å². The summed E-state index contributed by atoms with van der Waals surface area (Å²) in [6.07, 6.45) is 7.31. The van der Waals surface area contributed by atoms with Crippen LogP contribution in [0, 0.1) is 0 Å². The minimum atomic E-state index is -4.36. The predicted molar refractivity (Wildman–Crippen MR) is 122 cm³/mol. The number of nitrogens with zero attached hydrogens (tertiary/aromatic N) is 3. The van der Waals surface area contributed by atoms with Gasteiger partial charge in [0, 0.05) is 41.1 Å². The van der Waals surface area contributed by atoms with Crippen LogP contribution in [-0.2, 0) is 6.18 Å². The number of aromatic nitrogens is 2. The molecule has 1 aliphatic carbocycles. The molecule has 3 aromatic rings. The first-order valence-corrected chi connectivity index (χ1v) is 10.5. The van der Waals surface area contributed by atoms with Crippen molar-refractivity contribution in [3.05, 3.63) is 66.1 Å². The van der Waals surface area contributed by atoms with E-state index < -0.39 is 11.7 Å². The fraction of sp³-hybridized carbons (Fsp3) is 0.292. The molecule has 1 saturated carbocycles. The van der Waals surface area contributed by atoms with Crippen molar-refractivity contribution < 1.29 is 13.2 Å². The molecular weight excluding hydrogens is 415 g/mol. The normalized spacial score (nSPS) is 15.8. The zero-order valence-corrected chi connectivity index (χ0v) is 17.5. The molecule has 0 unspecified atom stereocenters. The number of halogens is 3. The molecule has 0 radical (unpaired) electrons. The highest BCUT2D eigenvalue weighted by Crippen LogP contribution is 2.32. The number of hydrogen-bond donors (Lipinski definition) is 2. The lowest BCUT2D eigenvalue weighted by molar-refractivity contribution is -0.137. The second-order valence-corrected chi connectivity index (χ2v) is 7.78. The molecule has 166 valence electrons. The molecule has 8 heteroatoms. The first-order chi connectivity index (χ1) is 15.5. The van der Waals surface area contributed by atoms with Crippen LogP contribution in [0.3, 0.4) is 0 Å². The van der Waals surface area contributed by atoms with E-state index in [1.54, 1.807) is 18.5 Å². The van der Waals surface area contributed by atoms with Gasteiger partial charge in [-0.25, -0.2) is 4.98 Å². The number of aromatic amines is 1. The zero-order valence-electron chi connectivity index (χ0n) is 17.5. The van der Waals surface area contributed by atoms with Crippen molar-refractivity contribution in [1.29, 1.82) is 0 Å². The number of H-pyrrole nitrogens is 1. The Labute approximate surface area is 184 Å². The van der Waals surface area contributed by atoms with Crippen LogP contribution in [0.25, 0.3) is 22.2 Å². The van der Waals surface area contributed by atoms with E-state index in [1.165, 1.54) is 37.8 Å². The number of benzene rings is 1. The van der Waals surface area contributed by atoms with Crippen molar-refractivity contribution in [3.8, 4) is 11.1 Å². The van der Waals surface area contributed by atoms with Crippen LogP contribution in [0.4, 0.5) is 13.2 Å². The maximum atomic E-state index is 12.9. The number of hydrogen-bond acceptors (Lipinski definition) is 4. The minimum Gasteiger partial charge on any atom is -0.345 e. The van der Waals surface area contributed by atoms with Crippen LogP contribution >= 0.6 is 0 Å². The summed E-state index contributed by atoms with van der Waals surface area (Å²) in [6.45, 7) is 3.98. The lowest BCUT2D eigenvalue weighted by Gasteiger charge is -2.10. The number of aliphatic imine (C=N–C) groups is 2. The second-order valence-electron chi connectivity index (χ2n) is 7.78. The smallest absolute Gasteiger partial charge is 0.345 e. The van der Waals surface area contributed by atoms with Crippen molar-refractivity contribution in [2.45, 2.75) is 37.9 Å². The number of pyridine rings is 1. The van der Waals surface area contributed by atoms with Gasteiger partial charge in [0.25, 0.3) is 0 Å². The van der Waals surface area contributed by atoms with Gasteiger partial charge in [-0.15, -0.1) is 0 Å². The monoisotopic (exact) mass is 439 g/mol. The molecule has 32 heavy (non-hydrogen) atoms. The molecule has 1 fully saturated rings. The van der Waals surface area contributed by atoms with Crippen LogP contribution in [0.2, 0.25) is 0 Å². The molecule has 0 spiro atoms. The number of fused-ring (bicyclic) bond motifs is 1. The van der Waals surface area contributed by atoms with Gasteiger partial charge in [-0.05, 0) is 49.4 Å². The maximum absolute atomic E-state index is 12.9. The lowest BCUT2D eigenvalue weighted by atomic mass is 10.0. The Balaban J connectivity index is 1.65. The van der Waals surface area contributed by atoms with Gasteiger partial charge in [0.15, 0.2) is 0 Å². The average molecular weight is 439 g/mol. The molecule has 0 saturated heterocycles. The quantitative estimate of drug-likeness (QED) is 0.461. The summed E-state index contributed by atoms with van der Waals surface area (Å²) in [5.74, 6) is 0. The average Bonchev–Trinajstić information content (AvgIpc) is 3.45. The van der Waals surface area contributed by atoms with Crippen LogP contribution in [0.5, 0.6) is 0 Å². The fourth-order valence-electron chi connectivity index (χ4n) is 3.97. The van der Waals surface area contributed by atoms with Crippen LogP contribution in [0.1, 0.15) is 36.8 Å². The van der Waals surface area contributed by atoms with Crippen molar-refractivity contribution in [2.75, 3.05) is 6.67 Å². The Kier molecular flexibility index (Phi) is 6.50. The summed E-state index contributed by atoms with van der Waals surface area (Å²) in [5.41, 5.74) is 2.94. The van der Waals surface area contributed by atoms with Crippen LogP contribution in [0.15, 0.2) is 65.0 Å². The number of allylic oxidation sites excluding steroid dienone is 1. The topological polar surface area (TPSA) is 65.4 Å².